The van der Waals surface area contributed by atoms with Gasteiger partial charge in [0.25, 0.3) is 0 Å². The normalized spacial score (nSPS) is 18.6. The Morgan fingerprint density at radius 1 is 1.26 bits per heavy atom. The van der Waals surface area contributed by atoms with Crippen LogP contribution in [0.2, 0.25) is 0 Å². The van der Waals surface area contributed by atoms with Gasteiger partial charge in [-0.05, 0) is 44.5 Å². The number of carbonyl (C=O) groups is 1. The summed E-state index contributed by atoms with van der Waals surface area (Å²) >= 11 is 1.44. The Morgan fingerprint density at radius 2 is 2.03 bits per heavy atom. The van der Waals surface area contributed by atoms with Crippen molar-refractivity contribution < 1.29 is 13.9 Å². The second-order valence-electron chi connectivity index (χ2n) is 7.28. The molecule has 0 fully saturated rings. The van der Waals surface area contributed by atoms with E-state index < -0.39 is 17.8 Å². The third-order valence-electron chi connectivity index (χ3n) is 5.32. The van der Waals surface area contributed by atoms with Gasteiger partial charge in [-0.15, -0.1) is 11.3 Å². The molecule has 0 saturated carbocycles. The molecule has 4 rings (SSSR count). The zero-order valence-corrected chi connectivity index (χ0v) is 18.2. The van der Waals surface area contributed by atoms with Crippen molar-refractivity contribution in [2.75, 3.05) is 6.61 Å². The smallest absolute Gasteiger partial charge is 0.336 e. The monoisotopic (exact) mass is 433 g/mol. The number of allylic oxidation sites excluding steroid dienone is 1. The van der Waals surface area contributed by atoms with Crippen molar-refractivity contribution in [3.8, 4) is 16.6 Å². The molecule has 0 aliphatic carbocycles. The number of benzene rings is 2. The highest BCUT2D eigenvalue weighted by molar-refractivity contribution is 7.21. The highest BCUT2D eigenvalue weighted by atomic mass is 32.1. The van der Waals surface area contributed by atoms with Crippen LogP contribution in [-0.4, -0.2) is 23.3 Å². The maximum atomic E-state index is 13.7. The van der Waals surface area contributed by atoms with Crippen LogP contribution < -0.4 is 0 Å². The molecule has 0 saturated heterocycles. The molecule has 1 aromatic heterocycles. The third kappa shape index (κ3) is 3.75. The quantitative estimate of drug-likeness (QED) is 0.499. The van der Waals surface area contributed by atoms with Crippen molar-refractivity contribution in [2.24, 2.45) is 10.9 Å². The van der Waals surface area contributed by atoms with Gasteiger partial charge in [0.15, 0.2) is 0 Å². The minimum absolute atomic E-state index is 0.229. The number of aliphatic imine (C=N–C) groups is 1. The maximum Gasteiger partial charge on any atom is 0.336 e. The molecule has 2 aromatic carbocycles. The molecule has 2 heterocycles. The van der Waals surface area contributed by atoms with Crippen molar-refractivity contribution in [1.82, 2.24) is 4.98 Å². The lowest BCUT2D eigenvalue weighted by Crippen LogP contribution is -2.29. The van der Waals surface area contributed by atoms with Crippen LogP contribution in [0.5, 0.6) is 0 Å². The van der Waals surface area contributed by atoms with E-state index in [0.29, 0.717) is 33.1 Å². The second-order valence-corrected chi connectivity index (χ2v) is 8.31. The molecule has 31 heavy (non-hydrogen) atoms. The van der Waals surface area contributed by atoms with E-state index in [9.17, 15) is 14.4 Å². The van der Waals surface area contributed by atoms with Gasteiger partial charge in [0, 0.05) is 22.9 Å². The summed E-state index contributed by atoms with van der Waals surface area (Å²) in [4.78, 5) is 22.1. The number of thiazole rings is 1. The van der Waals surface area contributed by atoms with Crippen molar-refractivity contribution in [3.63, 3.8) is 0 Å². The fraction of sp³-hybridized carbons (Fsp3) is 0.250. The van der Waals surface area contributed by atoms with Gasteiger partial charge in [-0.1, -0.05) is 24.3 Å². The maximum absolute atomic E-state index is 13.7. The number of aromatic nitrogens is 1. The van der Waals surface area contributed by atoms with E-state index in [2.05, 4.69) is 11.1 Å². The topological polar surface area (TPSA) is 75.3 Å². The first-order valence-electron chi connectivity index (χ1n) is 9.92. The lowest BCUT2D eigenvalue weighted by atomic mass is 9.76. The van der Waals surface area contributed by atoms with Crippen molar-refractivity contribution >= 4 is 33.2 Å². The predicted molar refractivity (Wildman–Crippen MR) is 119 cm³/mol. The van der Waals surface area contributed by atoms with Crippen LogP contribution in [0.1, 0.15) is 32.3 Å². The van der Waals surface area contributed by atoms with Crippen molar-refractivity contribution in [1.29, 1.82) is 5.26 Å². The molecule has 0 bridgehead atoms. The molecule has 0 N–H and O–H groups in total. The molecule has 3 aromatic rings. The molecule has 1 aliphatic heterocycles. The lowest BCUT2D eigenvalue weighted by molar-refractivity contribution is -0.139. The molecule has 2 unspecified atom stereocenters. The number of para-hydroxylation sites is 1. The fourth-order valence-electron chi connectivity index (χ4n) is 3.98. The predicted octanol–water partition coefficient (Wildman–Crippen LogP) is 5.64. The zero-order chi connectivity index (χ0) is 22.1. The van der Waals surface area contributed by atoms with E-state index in [-0.39, 0.29) is 12.4 Å². The van der Waals surface area contributed by atoms with Gasteiger partial charge in [0.1, 0.15) is 10.8 Å². The van der Waals surface area contributed by atoms with Gasteiger partial charge in [0.2, 0.25) is 0 Å². The number of nitriles is 1. The van der Waals surface area contributed by atoms with E-state index in [1.54, 1.807) is 26.8 Å². The molecule has 7 heteroatoms. The summed E-state index contributed by atoms with van der Waals surface area (Å²) in [6, 6.07) is 14.3. The first-order valence-corrected chi connectivity index (χ1v) is 10.7. The second kappa shape index (κ2) is 8.40. The van der Waals surface area contributed by atoms with E-state index in [4.69, 9.17) is 9.72 Å². The van der Waals surface area contributed by atoms with Crippen LogP contribution in [0.15, 0.2) is 58.7 Å². The number of nitrogens with zero attached hydrogens (tertiary/aromatic N) is 3. The Bertz CT molecular complexity index is 1290. The Hall–Kier alpha value is -3.37. The van der Waals surface area contributed by atoms with Crippen LogP contribution in [0.25, 0.3) is 20.8 Å². The third-order valence-corrected chi connectivity index (χ3v) is 6.39. The van der Waals surface area contributed by atoms with Crippen molar-refractivity contribution in [3.05, 3.63) is 65.1 Å². The molecule has 0 spiro atoms. The van der Waals surface area contributed by atoms with Crippen LogP contribution >= 0.6 is 11.3 Å². The summed E-state index contributed by atoms with van der Waals surface area (Å²) in [6.45, 7) is 5.53. The number of rotatable bonds is 4. The van der Waals surface area contributed by atoms with E-state index in [1.807, 2.05) is 24.3 Å². The van der Waals surface area contributed by atoms with E-state index in [0.717, 1.165) is 10.3 Å². The molecule has 0 radical (unpaired) electrons. The number of fused-ring (bicyclic) bond motifs is 1. The van der Waals surface area contributed by atoms with Gasteiger partial charge in [-0.3, -0.25) is 4.99 Å². The van der Waals surface area contributed by atoms with Crippen LogP contribution in [-0.2, 0) is 9.53 Å². The first-order chi connectivity index (χ1) is 14.9. The zero-order valence-electron chi connectivity index (χ0n) is 17.3. The Morgan fingerprint density at radius 3 is 2.74 bits per heavy atom. The summed E-state index contributed by atoms with van der Waals surface area (Å²) < 4.78 is 19.9. The van der Waals surface area contributed by atoms with E-state index in [1.165, 1.54) is 23.5 Å². The summed E-state index contributed by atoms with van der Waals surface area (Å²) in [6.07, 6.45) is 0. The summed E-state index contributed by atoms with van der Waals surface area (Å²) in [7, 11) is 0. The average Bonchev–Trinajstić information content (AvgIpc) is 3.18. The standard InChI is InChI=1S/C24H20FN3O2S/c1-4-30-24(29)20-14(3)27-13(2)18(12-26)21(20)17-9-6-10-19-22(17)28-23(31-19)15-7-5-8-16(25)11-15/h5-11,18,21H,4H2,1-3H3. The first kappa shape index (κ1) is 20.9. The minimum atomic E-state index is -0.618. The summed E-state index contributed by atoms with van der Waals surface area (Å²) in [5.41, 5.74) is 3.72. The average molecular weight is 434 g/mol. The molecular formula is C24H20FN3O2S. The Labute approximate surface area is 183 Å². The Kier molecular flexibility index (Phi) is 5.66. The molecular weight excluding hydrogens is 413 g/mol. The largest absolute Gasteiger partial charge is 0.463 e. The van der Waals surface area contributed by atoms with Crippen LogP contribution in [0.4, 0.5) is 4.39 Å². The van der Waals surface area contributed by atoms with Crippen LogP contribution in [0, 0.1) is 23.1 Å². The molecule has 156 valence electrons. The highest BCUT2D eigenvalue weighted by Crippen LogP contribution is 2.43. The number of carbonyl (C=O) groups excluding carboxylic acids is 1. The van der Waals surface area contributed by atoms with Gasteiger partial charge in [-0.2, -0.15) is 5.26 Å². The fourth-order valence-corrected chi connectivity index (χ4v) is 4.98. The Balaban J connectivity index is 1.92. The summed E-state index contributed by atoms with van der Waals surface area (Å²) in [5.74, 6) is -1.97. The minimum Gasteiger partial charge on any atom is -0.463 e. The molecule has 1 aliphatic rings. The number of esters is 1. The van der Waals surface area contributed by atoms with E-state index >= 15 is 0 Å². The van der Waals surface area contributed by atoms with Gasteiger partial charge < -0.3 is 4.74 Å². The number of halogens is 1. The highest BCUT2D eigenvalue weighted by Gasteiger charge is 2.39. The summed E-state index contributed by atoms with van der Waals surface area (Å²) in [5, 5.41) is 10.6. The van der Waals surface area contributed by atoms with Gasteiger partial charge in [0.05, 0.1) is 34.4 Å². The molecule has 5 nitrogen and oxygen atoms in total. The number of hydrogen-bond acceptors (Lipinski definition) is 6. The van der Waals surface area contributed by atoms with Crippen molar-refractivity contribution in [2.45, 2.75) is 26.7 Å². The number of ether oxygens (including phenoxy) is 1. The van der Waals surface area contributed by atoms with Gasteiger partial charge in [-0.25, -0.2) is 14.2 Å². The van der Waals surface area contributed by atoms with Gasteiger partial charge >= 0.3 is 5.97 Å². The SMILES string of the molecule is CCOC(=O)C1=C(C)N=C(C)C(C#N)C1c1cccc2sc(-c3cccc(F)c3)nc12. The number of hydrogen-bond donors (Lipinski definition) is 0. The van der Waals surface area contributed by atoms with Crippen LogP contribution in [0.3, 0.4) is 0 Å². The lowest BCUT2D eigenvalue weighted by Gasteiger charge is -2.29. The molecule has 0 amide bonds. The molecule has 2 atom stereocenters.